The van der Waals surface area contributed by atoms with E-state index in [1.54, 1.807) is 4.90 Å². The Bertz CT molecular complexity index is 693. The zero-order valence-electron chi connectivity index (χ0n) is 14.1. The van der Waals surface area contributed by atoms with Crippen LogP contribution in [0.25, 0.3) is 0 Å². The summed E-state index contributed by atoms with van der Waals surface area (Å²) in [5.41, 5.74) is -0.00265. The van der Waals surface area contributed by atoms with E-state index in [1.807, 2.05) is 0 Å². The monoisotopic (exact) mass is 348 g/mol. The second-order valence-electron chi connectivity index (χ2n) is 6.97. The third-order valence-electron chi connectivity index (χ3n) is 5.40. The molecule has 0 atom stereocenters. The predicted molar refractivity (Wildman–Crippen MR) is 89.8 cm³/mol. The van der Waals surface area contributed by atoms with Crippen molar-refractivity contribution in [2.75, 3.05) is 19.6 Å². The van der Waals surface area contributed by atoms with Gasteiger partial charge in [-0.3, -0.25) is 9.59 Å². The molecule has 1 N–H and O–H groups in total. The van der Waals surface area contributed by atoms with Crippen molar-refractivity contribution in [3.8, 4) is 0 Å². The van der Waals surface area contributed by atoms with Gasteiger partial charge in [-0.15, -0.1) is 0 Å². The maximum Gasteiger partial charge on any atom is 0.246 e. The standard InChI is InChI=1S/C19H22F2N2O2/c1-2-17(24)23-10-13(11-23)18(25)22-12-19(7-3-4-8-19)15-6-5-14(20)9-16(15)21/h2,5-6,9,13H,1,3-4,7-8,10-12H2,(H,22,25). The summed E-state index contributed by atoms with van der Waals surface area (Å²) in [6, 6.07) is 3.67. The van der Waals surface area contributed by atoms with E-state index in [-0.39, 0.29) is 17.7 Å². The quantitative estimate of drug-likeness (QED) is 0.832. The van der Waals surface area contributed by atoms with Gasteiger partial charge in [-0.2, -0.15) is 0 Å². The number of carbonyl (C=O) groups excluding carboxylic acids is 2. The van der Waals surface area contributed by atoms with Gasteiger partial charge in [0.2, 0.25) is 11.8 Å². The lowest BCUT2D eigenvalue weighted by Crippen LogP contribution is -2.56. The Morgan fingerprint density at radius 3 is 2.56 bits per heavy atom. The molecule has 0 aromatic heterocycles. The van der Waals surface area contributed by atoms with Crippen molar-refractivity contribution in [2.45, 2.75) is 31.1 Å². The lowest BCUT2D eigenvalue weighted by atomic mass is 9.78. The number of hydrogen-bond donors (Lipinski definition) is 1. The number of hydrogen-bond acceptors (Lipinski definition) is 2. The van der Waals surface area contributed by atoms with Gasteiger partial charge in [0.05, 0.1) is 5.92 Å². The van der Waals surface area contributed by atoms with Gasteiger partial charge < -0.3 is 10.2 Å². The Morgan fingerprint density at radius 2 is 1.96 bits per heavy atom. The lowest BCUT2D eigenvalue weighted by Gasteiger charge is -2.38. The first kappa shape index (κ1) is 17.6. The van der Waals surface area contributed by atoms with Crippen molar-refractivity contribution in [3.05, 3.63) is 48.1 Å². The summed E-state index contributed by atoms with van der Waals surface area (Å²) in [6.07, 6.45) is 4.68. The first-order valence-corrected chi connectivity index (χ1v) is 8.60. The molecule has 2 aliphatic rings. The van der Waals surface area contributed by atoms with Crippen molar-refractivity contribution in [1.29, 1.82) is 0 Å². The molecule has 0 unspecified atom stereocenters. The summed E-state index contributed by atoms with van der Waals surface area (Å²) in [7, 11) is 0. The Kier molecular flexibility index (Phi) is 4.88. The van der Waals surface area contributed by atoms with Crippen LogP contribution in [0.3, 0.4) is 0 Å². The van der Waals surface area contributed by atoms with Gasteiger partial charge in [-0.1, -0.05) is 25.5 Å². The molecule has 1 aliphatic heterocycles. The molecule has 0 radical (unpaired) electrons. The normalized spacial score (nSPS) is 19.4. The second-order valence-corrected chi connectivity index (χ2v) is 6.97. The van der Waals surface area contributed by atoms with Crippen LogP contribution in [0, 0.1) is 17.6 Å². The van der Waals surface area contributed by atoms with Crippen LogP contribution in [-0.4, -0.2) is 36.3 Å². The number of carbonyl (C=O) groups is 2. The summed E-state index contributed by atoms with van der Waals surface area (Å²) in [5, 5.41) is 2.92. The van der Waals surface area contributed by atoms with Gasteiger partial charge in [-0.25, -0.2) is 8.78 Å². The highest BCUT2D eigenvalue weighted by molar-refractivity contribution is 5.90. The number of nitrogens with zero attached hydrogens (tertiary/aromatic N) is 1. The van der Waals surface area contributed by atoms with E-state index in [4.69, 9.17) is 0 Å². The smallest absolute Gasteiger partial charge is 0.246 e. The number of rotatable bonds is 5. The molecular weight excluding hydrogens is 326 g/mol. The minimum absolute atomic E-state index is 0.123. The predicted octanol–water partition coefficient (Wildman–Crippen LogP) is 2.54. The molecule has 1 aliphatic carbocycles. The van der Waals surface area contributed by atoms with Crippen molar-refractivity contribution >= 4 is 11.8 Å². The van der Waals surface area contributed by atoms with Crippen LogP contribution < -0.4 is 5.32 Å². The molecule has 3 rings (SSSR count). The van der Waals surface area contributed by atoms with E-state index in [1.165, 1.54) is 18.2 Å². The molecule has 134 valence electrons. The molecule has 4 nitrogen and oxygen atoms in total. The number of likely N-dealkylation sites (tertiary alicyclic amines) is 1. The molecule has 6 heteroatoms. The topological polar surface area (TPSA) is 49.4 Å². The van der Waals surface area contributed by atoms with Crippen LogP contribution >= 0.6 is 0 Å². The summed E-state index contributed by atoms with van der Waals surface area (Å²) in [6.45, 7) is 4.53. The SMILES string of the molecule is C=CC(=O)N1CC(C(=O)NCC2(c3ccc(F)cc3F)CCCC2)C1. The van der Waals surface area contributed by atoms with Crippen molar-refractivity contribution in [3.63, 3.8) is 0 Å². The summed E-state index contributed by atoms with van der Waals surface area (Å²) in [5.74, 6) is -1.69. The average molecular weight is 348 g/mol. The van der Waals surface area contributed by atoms with Crippen molar-refractivity contribution in [2.24, 2.45) is 5.92 Å². The largest absolute Gasteiger partial charge is 0.355 e. The van der Waals surface area contributed by atoms with Gasteiger partial charge in [0.25, 0.3) is 0 Å². The number of benzene rings is 1. The van der Waals surface area contributed by atoms with Crippen molar-refractivity contribution in [1.82, 2.24) is 10.2 Å². The Morgan fingerprint density at radius 1 is 1.28 bits per heavy atom. The highest BCUT2D eigenvalue weighted by atomic mass is 19.1. The Hall–Kier alpha value is -2.24. The fourth-order valence-corrected chi connectivity index (χ4v) is 3.87. The molecule has 1 aromatic rings. The molecule has 1 aromatic carbocycles. The van der Waals surface area contributed by atoms with E-state index < -0.39 is 17.0 Å². The van der Waals surface area contributed by atoms with Gasteiger partial charge in [0.1, 0.15) is 11.6 Å². The highest BCUT2D eigenvalue weighted by Crippen LogP contribution is 2.42. The first-order chi connectivity index (χ1) is 11.9. The van der Waals surface area contributed by atoms with Crippen LogP contribution in [0.4, 0.5) is 8.78 Å². The summed E-state index contributed by atoms with van der Waals surface area (Å²) < 4.78 is 27.5. The molecule has 1 saturated heterocycles. The second kappa shape index (κ2) is 6.94. The van der Waals surface area contributed by atoms with Crippen LogP contribution in [0.2, 0.25) is 0 Å². The molecule has 25 heavy (non-hydrogen) atoms. The average Bonchev–Trinajstić information content (AvgIpc) is 3.01. The van der Waals surface area contributed by atoms with Crippen LogP contribution in [0.1, 0.15) is 31.2 Å². The van der Waals surface area contributed by atoms with E-state index in [0.29, 0.717) is 25.2 Å². The fourth-order valence-electron chi connectivity index (χ4n) is 3.87. The van der Waals surface area contributed by atoms with E-state index in [0.717, 1.165) is 31.7 Å². The number of nitrogens with one attached hydrogen (secondary N) is 1. The molecular formula is C19H22F2N2O2. The van der Waals surface area contributed by atoms with Gasteiger partial charge in [0, 0.05) is 31.1 Å². The van der Waals surface area contributed by atoms with Crippen LogP contribution in [-0.2, 0) is 15.0 Å². The minimum atomic E-state index is -0.597. The summed E-state index contributed by atoms with van der Waals surface area (Å²) in [4.78, 5) is 25.3. The molecule has 2 fully saturated rings. The molecule has 2 amide bonds. The zero-order valence-corrected chi connectivity index (χ0v) is 14.1. The van der Waals surface area contributed by atoms with E-state index >= 15 is 0 Å². The Labute approximate surface area is 145 Å². The molecule has 0 spiro atoms. The lowest BCUT2D eigenvalue weighted by molar-refractivity contribution is -0.139. The van der Waals surface area contributed by atoms with E-state index in [2.05, 4.69) is 11.9 Å². The maximum absolute atomic E-state index is 14.3. The first-order valence-electron chi connectivity index (χ1n) is 8.60. The van der Waals surface area contributed by atoms with Gasteiger partial charge >= 0.3 is 0 Å². The number of halogens is 2. The molecule has 1 saturated carbocycles. The summed E-state index contributed by atoms with van der Waals surface area (Å²) >= 11 is 0. The Balaban J connectivity index is 1.64. The number of amides is 2. The third-order valence-corrected chi connectivity index (χ3v) is 5.40. The third kappa shape index (κ3) is 3.43. The van der Waals surface area contributed by atoms with Crippen LogP contribution in [0.15, 0.2) is 30.9 Å². The van der Waals surface area contributed by atoms with E-state index in [9.17, 15) is 18.4 Å². The van der Waals surface area contributed by atoms with Gasteiger partial charge in [-0.05, 0) is 30.5 Å². The van der Waals surface area contributed by atoms with Crippen LogP contribution in [0.5, 0.6) is 0 Å². The molecule has 0 bridgehead atoms. The molecule has 1 heterocycles. The van der Waals surface area contributed by atoms with Gasteiger partial charge in [0.15, 0.2) is 0 Å². The van der Waals surface area contributed by atoms with Crippen molar-refractivity contribution < 1.29 is 18.4 Å². The highest BCUT2D eigenvalue weighted by Gasteiger charge is 2.40. The zero-order chi connectivity index (χ0) is 18.0. The fraction of sp³-hybridized carbons (Fsp3) is 0.474. The minimum Gasteiger partial charge on any atom is -0.355 e. The maximum atomic E-state index is 14.3.